The number of carbonyl (C=O) groups excluding carboxylic acids is 4. The number of hydrogen-bond acceptors (Lipinski definition) is 10. The molecule has 0 aliphatic carbocycles. The van der Waals surface area contributed by atoms with Gasteiger partial charge in [-0.3, -0.25) is 9.59 Å². The van der Waals surface area contributed by atoms with E-state index in [0.29, 0.717) is 12.8 Å². The average Bonchev–Trinajstić information content (AvgIpc) is 2.62. The second-order valence-electron chi connectivity index (χ2n) is 7.69. The molecule has 0 spiro atoms. The Labute approximate surface area is 180 Å². The van der Waals surface area contributed by atoms with Gasteiger partial charge in [0, 0.05) is 19.6 Å². The van der Waals surface area contributed by atoms with Crippen LogP contribution in [0.3, 0.4) is 0 Å². The molecule has 10 nitrogen and oxygen atoms in total. The van der Waals surface area contributed by atoms with Crippen molar-refractivity contribution in [3.05, 3.63) is 0 Å². The first-order valence-electron chi connectivity index (χ1n) is 9.56. The summed E-state index contributed by atoms with van der Waals surface area (Å²) in [6.45, 7) is 7.67. The van der Waals surface area contributed by atoms with Gasteiger partial charge in [-0.15, -0.1) is 11.8 Å². The lowest BCUT2D eigenvalue weighted by molar-refractivity contribution is -0.172. The average molecular weight is 450 g/mol. The first-order valence-corrected chi connectivity index (χ1v) is 10.6. The topological polar surface area (TPSA) is 126 Å². The zero-order chi connectivity index (χ0) is 22.9. The molecule has 0 radical (unpaired) electrons. The summed E-state index contributed by atoms with van der Waals surface area (Å²) in [6.07, 6.45) is -0.842. The Bertz CT molecular complexity index is 620. The van der Waals surface area contributed by atoms with E-state index in [2.05, 4.69) is 5.32 Å². The number of alkyl carbamates (subject to hydrolysis) is 1. The van der Waals surface area contributed by atoms with Gasteiger partial charge in [0.15, 0.2) is 0 Å². The number of thioether (sulfide) groups is 1. The van der Waals surface area contributed by atoms with Gasteiger partial charge in [-0.1, -0.05) is 0 Å². The second kappa shape index (κ2) is 12.0. The van der Waals surface area contributed by atoms with Crippen LogP contribution >= 0.6 is 11.8 Å². The maximum Gasteiger partial charge on any atom is 0.408 e. The fourth-order valence-electron chi connectivity index (χ4n) is 2.62. The minimum absolute atomic E-state index is 0.0546. The molecular formula is C19H31NO9S. The van der Waals surface area contributed by atoms with E-state index in [1.54, 1.807) is 20.8 Å². The summed E-state index contributed by atoms with van der Waals surface area (Å²) in [7, 11) is 1.23. The molecule has 0 aromatic rings. The summed E-state index contributed by atoms with van der Waals surface area (Å²) in [4.78, 5) is 46.5. The molecule has 1 rings (SSSR count). The van der Waals surface area contributed by atoms with Gasteiger partial charge in [0.05, 0.1) is 7.11 Å². The molecule has 172 valence electrons. The predicted octanol–water partition coefficient (Wildman–Crippen LogP) is 1.79. The molecule has 1 N–H and O–H groups in total. The summed E-state index contributed by atoms with van der Waals surface area (Å²) < 4.78 is 26.1. The van der Waals surface area contributed by atoms with Crippen molar-refractivity contribution in [1.82, 2.24) is 5.32 Å². The normalized spacial score (nSPS) is 22.4. The summed E-state index contributed by atoms with van der Waals surface area (Å²) >= 11 is 1.29. The van der Waals surface area contributed by atoms with E-state index in [0.717, 1.165) is 0 Å². The van der Waals surface area contributed by atoms with Gasteiger partial charge in [0.2, 0.25) is 0 Å². The SMILES string of the molecule is COC(=O)C(CSC1CC[C@@H](OC(C)=O)C(COC(C)=O)O1)NC(=O)OC(C)(C)C. The third-order valence-electron chi connectivity index (χ3n) is 3.82. The maximum atomic E-state index is 12.0. The van der Waals surface area contributed by atoms with Gasteiger partial charge in [0.1, 0.15) is 35.9 Å². The van der Waals surface area contributed by atoms with Crippen molar-refractivity contribution < 1.29 is 42.9 Å². The molecule has 0 bridgehead atoms. The molecule has 0 saturated carbocycles. The minimum Gasteiger partial charge on any atom is -0.467 e. The van der Waals surface area contributed by atoms with Crippen molar-refractivity contribution in [2.45, 2.75) is 76.7 Å². The van der Waals surface area contributed by atoms with Crippen molar-refractivity contribution in [1.29, 1.82) is 0 Å². The summed E-state index contributed by atoms with van der Waals surface area (Å²) in [5, 5.41) is 2.50. The molecule has 30 heavy (non-hydrogen) atoms. The van der Waals surface area contributed by atoms with E-state index in [-0.39, 0.29) is 17.8 Å². The Morgan fingerprint density at radius 2 is 1.80 bits per heavy atom. The maximum absolute atomic E-state index is 12.0. The van der Waals surface area contributed by atoms with Crippen molar-refractivity contribution in [3.8, 4) is 0 Å². The Morgan fingerprint density at radius 1 is 1.13 bits per heavy atom. The van der Waals surface area contributed by atoms with Crippen molar-refractivity contribution in [2.24, 2.45) is 0 Å². The van der Waals surface area contributed by atoms with Crippen LogP contribution in [0.15, 0.2) is 0 Å². The largest absolute Gasteiger partial charge is 0.467 e. The zero-order valence-electron chi connectivity index (χ0n) is 18.2. The van der Waals surface area contributed by atoms with Crippen LogP contribution in [0.4, 0.5) is 4.79 Å². The van der Waals surface area contributed by atoms with Crippen molar-refractivity contribution in [3.63, 3.8) is 0 Å². The van der Waals surface area contributed by atoms with Gasteiger partial charge < -0.3 is 29.0 Å². The summed E-state index contributed by atoms with van der Waals surface area (Å²) in [5.41, 5.74) is -1.06. The summed E-state index contributed by atoms with van der Waals surface area (Å²) in [5.74, 6) is -1.36. The lowest BCUT2D eigenvalue weighted by Gasteiger charge is -2.35. The fourth-order valence-corrected chi connectivity index (χ4v) is 3.77. The molecule has 3 unspecified atom stereocenters. The molecule has 1 aliphatic rings. The predicted molar refractivity (Wildman–Crippen MR) is 108 cm³/mol. The van der Waals surface area contributed by atoms with Crippen LogP contribution < -0.4 is 5.32 Å². The van der Waals surface area contributed by atoms with Gasteiger partial charge >= 0.3 is 24.0 Å². The highest BCUT2D eigenvalue weighted by Gasteiger charge is 2.35. The highest BCUT2D eigenvalue weighted by atomic mass is 32.2. The van der Waals surface area contributed by atoms with E-state index in [4.69, 9.17) is 23.7 Å². The molecule has 4 atom stereocenters. The van der Waals surface area contributed by atoms with Crippen LogP contribution in [0.1, 0.15) is 47.5 Å². The van der Waals surface area contributed by atoms with Crippen LogP contribution in [0, 0.1) is 0 Å². The number of methoxy groups -OCH3 is 1. The van der Waals surface area contributed by atoms with E-state index in [9.17, 15) is 19.2 Å². The highest BCUT2D eigenvalue weighted by Crippen LogP contribution is 2.30. The monoisotopic (exact) mass is 449 g/mol. The van der Waals surface area contributed by atoms with E-state index in [1.165, 1.54) is 32.7 Å². The van der Waals surface area contributed by atoms with Gasteiger partial charge in [-0.2, -0.15) is 0 Å². The van der Waals surface area contributed by atoms with Crippen LogP contribution in [-0.2, 0) is 38.1 Å². The molecule has 11 heteroatoms. The van der Waals surface area contributed by atoms with Crippen LogP contribution in [-0.4, -0.2) is 72.8 Å². The van der Waals surface area contributed by atoms with Gasteiger partial charge in [0.25, 0.3) is 0 Å². The third-order valence-corrected chi connectivity index (χ3v) is 5.07. The molecular weight excluding hydrogens is 418 g/mol. The minimum atomic E-state index is -0.934. The zero-order valence-corrected chi connectivity index (χ0v) is 19.0. The third kappa shape index (κ3) is 10.1. The first kappa shape index (κ1) is 26.0. The molecule has 0 aromatic heterocycles. The Balaban J connectivity index is 2.69. The van der Waals surface area contributed by atoms with Gasteiger partial charge in [-0.05, 0) is 33.6 Å². The van der Waals surface area contributed by atoms with E-state index >= 15 is 0 Å². The first-order chi connectivity index (χ1) is 13.9. The Morgan fingerprint density at radius 3 is 2.33 bits per heavy atom. The summed E-state index contributed by atoms with van der Waals surface area (Å²) in [6, 6.07) is -0.934. The number of amides is 1. The Kier molecular flexibility index (Phi) is 10.4. The number of ether oxygens (including phenoxy) is 5. The number of carbonyl (C=O) groups is 4. The number of rotatable bonds is 8. The fraction of sp³-hybridized carbons (Fsp3) is 0.789. The van der Waals surface area contributed by atoms with E-state index < -0.39 is 47.9 Å². The standard InChI is InChI=1S/C19H31NO9S/c1-11(21)26-9-15-14(27-12(2)22)7-8-16(28-15)30-10-13(17(23)25-6)20-18(24)29-19(3,4)5/h13-16H,7-10H2,1-6H3,(H,20,24)/t13?,14-,15?,16?/m1/s1. The van der Waals surface area contributed by atoms with Crippen molar-refractivity contribution >= 4 is 35.8 Å². The number of nitrogens with one attached hydrogen (secondary N) is 1. The Hall–Kier alpha value is -2.01. The number of hydrogen-bond donors (Lipinski definition) is 1. The highest BCUT2D eigenvalue weighted by molar-refractivity contribution is 7.99. The molecule has 1 heterocycles. The van der Waals surface area contributed by atoms with Crippen molar-refractivity contribution in [2.75, 3.05) is 19.5 Å². The molecule has 1 amide bonds. The smallest absolute Gasteiger partial charge is 0.408 e. The lowest BCUT2D eigenvalue weighted by atomic mass is 10.1. The molecule has 0 aromatic carbocycles. The second-order valence-corrected chi connectivity index (χ2v) is 8.88. The van der Waals surface area contributed by atoms with Crippen LogP contribution in [0.25, 0.3) is 0 Å². The molecule has 1 fully saturated rings. The van der Waals surface area contributed by atoms with Gasteiger partial charge in [-0.25, -0.2) is 9.59 Å². The quantitative estimate of drug-likeness (QED) is 0.433. The van der Waals surface area contributed by atoms with Crippen LogP contribution in [0.2, 0.25) is 0 Å². The molecule has 1 aliphatic heterocycles. The molecule has 1 saturated heterocycles. The van der Waals surface area contributed by atoms with Crippen LogP contribution in [0.5, 0.6) is 0 Å². The lowest BCUT2D eigenvalue weighted by Crippen LogP contribution is -2.47. The van der Waals surface area contributed by atoms with E-state index in [1.807, 2.05) is 0 Å². The number of esters is 3.